The van der Waals surface area contributed by atoms with E-state index in [2.05, 4.69) is 95.8 Å². The van der Waals surface area contributed by atoms with Gasteiger partial charge in [-0.3, -0.25) is 4.99 Å². The van der Waals surface area contributed by atoms with Gasteiger partial charge in [-0.15, -0.1) is 0 Å². The number of methoxy groups -OCH3 is 1. The lowest BCUT2D eigenvalue weighted by molar-refractivity contribution is 0.413. The van der Waals surface area contributed by atoms with Gasteiger partial charge in [0.2, 0.25) is 0 Å². The van der Waals surface area contributed by atoms with Gasteiger partial charge in [0.05, 0.1) is 18.3 Å². The fourth-order valence-electron chi connectivity index (χ4n) is 4.22. The van der Waals surface area contributed by atoms with Crippen molar-refractivity contribution < 1.29 is 4.74 Å². The van der Waals surface area contributed by atoms with E-state index >= 15 is 0 Å². The van der Waals surface area contributed by atoms with Crippen molar-refractivity contribution in [2.24, 2.45) is 4.99 Å². The lowest BCUT2D eigenvalue weighted by Crippen LogP contribution is -2.45. The number of anilines is 1. The van der Waals surface area contributed by atoms with Gasteiger partial charge in [-0.05, 0) is 61.9 Å². The average molecular weight is 405 g/mol. The zero-order valence-corrected chi connectivity index (χ0v) is 19.8. The van der Waals surface area contributed by atoms with Crippen molar-refractivity contribution in [1.82, 2.24) is 0 Å². The van der Waals surface area contributed by atoms with Crippen LogP contribution in [0.2, 0.25) is 0 Å². The minimum atomic E-state index is -0.0114. The molecule has 0 unspecified atom stereocenters. The largest absolute Gasteiger partial charge is 0.496 e. The van der Waals surface area contributed by atoms with Crippen LogP contribution in [0.1, 0.15) is 71.6 Å². The summed E-state index contributed by atoms with van der Waals surface area (Å²) in [5, 5.41) is 0. The van der Waals surface area contributed by atoms with Crippen LogP contribution in [0, 0.1) is 0 Å². The molecule has 0 aliphatic carbocycles. The Kier molecular flexibility index (Phi) is 6.12. The Morgan fingerprint density at radius 1 is 1.10 bits per heavy atom. The zero-order valence-electron chi connectivity index (χ0n) is 19.8. The van der Waals surface area contributed by atoms with Crippen LogP contribution in [0.4, 0.5) is 11.4 Å². The Hall–Kier alpha value is -2.55. The van der Waals surface area contributed by atoms with Crippen LogP contribution >= 0.6 is 0 Å². The summed E-state index contributed by atoms with van der Waals surface area (Å²) in [6.07, 6.45) is 5.39. The van der Waals surface area contributed by atoms with E-state index in [0.29, 0.717) is 0 Å². The molecule has 1 heterocycles. The van der Waals surface area contributed by atoms with Gasteiger partial charge < -0.3 is 9.64 Å². The van der Waals surface area contributed by atoms with Crippen LogP contribution in [0.15, 0.2) is 47.5 Å². The topological polar surface area (TPSA) is 24.8 Å². The minimum absolute atomic E-state index is 0.0114. The lowest BCUT2D eigenvalue weighted by atomic mass is 9.87. The van der Waals surface area contributed by atoms with E-state index in [1.807, 2.05) is 6.21 Å². The summed E-state index contributed by atoms with van der Waals surface area (Å²) in [4.78, 5) is 7.20. The number of allylic oxidation sites excluding steroid dienone is 1. The molecule has 2 aromatic rings. The summed E-state index contributed by atoms with van der Waals surface area (Å²) in [6, 6.07) is 12.9. The van der Waals surface area contributed by atoms with Crippen LogP contribution in [0.3, 0.4) is 0 Å². The first-order valence-electron chi connectivity index (χ1n) is 10.9. The van der Waals surface area contributed by atoms with E-state index in [1.54, 1.807) is 7.11 Å². The molecular weight excluding hydrogens is 368 g/mol. The van der Waals surface area contributed by atoms with Gasteiger partial charge in [0.1, 0.15) is 5.75 Å². The van der Waals surface area contributed by atoms with Gasteiger partial charge in [0.25, 0.3) is 0 Å². The standard InChI is InChI=1S/C27H36N2O/c1-9-14-29-24-16-25(30-8)20(15-23(24)19(2)17-27(29,6)7)18-28-22-12-10-21(11-13-22)26(3,4)5/h10-13,15-18H,9,14H2,1-8H3. The molecule has 0 saturated carbocycles. The second kappa shape index (κ2) is 8.29. The van der Waals surface area contributed by atoms with Gasteiger partial charge in [0, 0.05) is 35.6 Å². The fourth-order valence-corrected chi connectivity index (χ4v) is 4.22. The van der Waals surface area contributed by atoms with Crippen molar-refractivity contribution in [2.75, 3.05) is 18.6 Å². The monoisotopic (exact) mass is 404 g/mol. The quantitative estimate of drug-likeness (QED) is 0.494. The maximum Gasteiger partial charge on any atom is 0.129 e. The molecule has 0 amide bonds. The molecule has 0 saturated heterocycles. The van der Waals surface area contributed by atoms with Crippen molar-refractivity contribution in [3.63, 3.8) is 0 Å². The second-order valence-corrected chi connectivity index (χ2v) is 9.80. The van der Waals surface area contributed by atoms with Crippen LogP contribution in [0.25, 0.3) is 5.57 Å². The Bertz CT molecular complexity index is 960. The van der Waals surface area contributed by atoms with Crippen molar-refractivity contribution in [3.8, 4) is 5.75 Å². The summed E-state index contributed by atoms with van der Waals surface area (Å²) < 4.78 is 5.76. The molecule has 2 aromatic carbocycles. The van der Waals surface area contributed by atoms with E-state index in [4.69, 9.17) is 9.73 Å². The summed E-state index contributed by atoms with van der Waals surface area (Å²) in [5.74, 6) is 0.857. The fraction of sp³-hybridized carbons (Fsp3) is 0.444. The molecule has 0 fully saturated rings. The number of aliphatic imine (C=N–C) groups is 1. The van der Waals surface area contributed by atoms with E-state index in [9.17, 15) is 0 Å². The molecule has 0 aromatic heterocycles. The zero-order chi connectivity index (χ0) is 22.1. The molecule has 3 heteroatoms. The van der Waals surface area contributed by atoms with Gasteiger partial charge in [0.15, 0.2) is 0 Å². The first kappa shape index (κ1) is 22.1. The molecule has 3 nitrogen and oxygen atoms in total. The first-order chi connectivity index (χ1) is 14.1. The van der Waals surface area contributed by atoms with Crippen molar-refractivity contribution in [1.29, 1.82) is 0 Å². The van der Waals surface area contributed by atoms with Crippen LogP contribution in [-0.4, -0.2) is 25.4 Å². The Morgan fingerprint density at radius 2 is 1.77 bits per heavy atom. The summed E-state index contributed by atoms with van der Waals surface area (Å²) >= 11 is 0. The van der Waals surface area contributed by atoms with Gasteiger partial charge in [-0.1, -0.05) is 45.9 Å². The highest BCUT2D eigenvalue weighted by Gasteiger charge is 2.31. The third-order valence-electron chi connectivity index (χ3n) is 5.86. The number of hydrogen-bond acceptors (Lipinski definition) is 3. The molecule has 1 aliphatic heterocycles. The second-order valence-electron chi connectivity index (χ2n) is 9.80. The average Bonchev–Trinajstić information content (AvgIpc) is 2.68. The van der Waals surface area contributed by atoms with Gasteiger partial charge >= 0.3 is 0 Å². The number of rotatable bonds is 5. The molecule has 3 rings (SSSR count). The molecule has 0 atom stereocenters. The van der Waals surface area contributed by atoms with E-state index in [0.717, 1.165) is 30.0 Å². The molecule has 0 bridgehead atoms. The molecule has 160 valence electrons. The molecule has 0 radical (unpaired) electrons. The van der Waals surface area contributed by atoms with Crippen LogP contribution in [0.5, 0.6) is 5.75 Å². The van der Waals surface area contributed by atoms with Gasteiger partial charge in [-0.2, -0.15) is 0 Å². The van der Waals surface area contributed by atoms with Crippen LogP contribution < -0.4 is 9.64 Å². The maximum atomic E-state index is 5.76. The van der Waals surface area contributed by atoms with Crippen molar-refractivity contribution in [2.45, 2.75) is 65.8 Å². The third-order valence-corrected chi connectivity index (χ3v) is 5.86. The predicted octanol–water partition coefficient (Wildman–Crippen LogP) is 7.16. The third kappa shape index (κ3) is 4.45. The maximum absolute atomic E-state index is 5.76. The van der Waals surface area contributed by atoms with Crippen molar-refractivity contribution in [3.05, 3.63) is 59.2 Å². The lowest BCUT2D eigenvalue weighted by Gasteiger charge is -2.43. The Balaban J connectivity index is 1.99. The molecule has 0 N–H and O–H groups in total. The number of fused-ring (bicyclic) bond motifs is 1. The molecule has 1 aliphatic rings. The summed E-state index contributed by atoms with van der Waals surface area (Å²) in [7, 11) is 1.73. The van der Waals surface area contributed by atoms with Crippen LogP contribution in [-0.2, 0) is 5.41 Å². The highest BCUT2D eigenvalue weighted by Crippen LogP contribution is 2.42. The number of hydrogen-bond donors (Lipinski definition) is 0. The Morgan fingerprint density at radius 3 is 2.33 bits per heavy atom. The number of benzene rings is 2. The minimum Gasteiger partial charge on any atom is -0.496 e. The highest BCUT2D eigenvalue weighted by molar-refractivity contribution is 5.92. The highest BCUT2D eigenvalue weighted by atomic mass is 16.5. The Labute approximate surface area is 182 Å². The van der Waals surface area contributed by atoms with E-state index < -0.39 is 0 Å². The SMILES string of the molecule is CCCN1c2cc(OC)c(C=Nc3ccc(C(C)(C)C)cc3)cc2C(C)=CC1(C)C. The molecule has 0 spiro atoms. The summed E-state index contributed by atoms with van der Waals surface area (Å²) in [5.41, 5.74) is 7.19. The smallest absolute Gasteiger partial charge is 0.129 e. The van der Waals surface area contributed by atoms with E-state index in [1.165, 1.54) is 22.4 Å². The molecular formula is C27H36N2O. The number of nitrogens with zero attached hydrogens (tertiary/aromatic N) is 2. The normalized spacial score (nSPS) is 15.9. The summed E-state index contributed by atoms with van der Waals surface area (Å²) in [6.45, 7) is 16.7. The van der Waals surface area contributed by atoms with E-state index in [-0.39, 0.29) is 11.0 Å². The van der Waals surface area contributed by atoms with Crippen molar-refractivity contribution >= 4 is 23.2 Å². The first-order valence-corrected chi connectivity index (χ1v) is 10.9. The number of ether oxygens (including phenoxy) is 1. The molecule has 30 heavy (non-hydrogen) atoms. The van der Waals surface area contributed by atoms with Gasteiger partial charge in [-0.25, -0.2) is 0 Å². The predicted molar refractivity (Wildman–Crippen MR) is 131 cm³/mol.